The molecule has 7 heteroatoms. The van der Waals surface area contributed by atoms with Crippen molar-refractivity contribution >= 4 is 33.0 Å². The number of sulfone groups is 1. The third-order valence-corrected chi connectivity index (χ3v) is 5.14. The summed E-state index contributed by atoms with van der Waals surface area (Å²) in [4.78, 5) is 16.0. The fourth-order valence-corrected chi connectivity index (χ4v) is 3.37. The summed E-state index contributed by atoms with van der Waals surface area (Å²) in [7, 11) is -3.39. The molecule has 0 unspecified atom stereocenters. The van der Waals surface area contributed by atoms with Gasteiger partial charge in [-0.05, 0) is 42.8 Å². The normalized spacial score (nSPS) is 11.2. The van der Waals surface area contributed by atoms with Gasteiger partial charge in [-0.1, -0.05) is 24.9 Å². The number of amides is 1. The van der Waals surface area contributed by atoms with Crippen molar-refractivity contribution in [3.8, 4) is 0 Å². The molecule has 1 aromatic carbocycles. The van der Waals surface area contributed by atoms with Gasteiger partial charge in [-0.2, -0.15) is 0 Å². The average Bonchev–Trinajstić information content (AvgIpc) is 2.55. The number of aromatic nitrogens is 1. The van der Waals surface area contributed by atoms with Crippen molar-refractivity contribution in [1.29, 1.82) is 0 Å². The van der Waals surface area contributed by atoms with Crippen LogP contribution in [0, 0.1) is 0 Å². The van der Waals surface area contributed by atoms with Crippen LogP contribution in [0.2, 0.25) is 5.02 Å². The van der Waals surface area contributed by atoms with Gasteiger partial charge < -0.3 is 5.32 Å². The van der Waals surface area contributed by atoms with E-state index in [1.54, 1.807) is 24.3 Å². The number of pyridine rings is 1. The van der Waals surface area contributed by atoms with Gasteiger partial charge in [0.2, 0.25) is 0 Å². The van der Waals surface area contributed by atoms with Gasteiger partial charge in [0.05, 0.1) is 11.3 Å². The average molecular weight is 353 g/mol. The molecule has 1 N–H and O–H groups in total. The van der Waals surface area contributed by atoms with Gasteiger partial charge >= 0.3 is 0 Å². The molecular weight excluding hydrogens is 336 g/mol. The molecule has 0 atom stereocenters. The maximum atomic E-state index is 12.1. The lowest BCUT2D eigenvalue weighted by molar-refractivity contribution is 0.102. The molecule has 0 aliphatic heterocycles. The summed E-state index contributed by atoms with van der Waals surface area (Å²) in [5.41, 5.74) is 0.883. The highest BCUT2D eigenvalue weighted by Gasteiger charge is 2.16. The Morgan fingerprint density at radius 1 is 1.17 bits per heavy atom. The molecule has 0 aliphatic rings. The van der Waals surface area contributed by atoms with E-state index in [9.17, 15) is 13.2 Å². The highest BCUT2D eigenvalue weighted by molar-refractivity contribution is 7.91. The van der Waals surface area contributed by atoms with Crippen molar-refractivity contribution in [2.45, 2.75) is 24.8 Å². The Labute approximate surface area is 140 Å². The summed E-state index contributed by atoms with van der Waals surface area (Å²) in [6.07, 6.45) is 2.65. The number of nitrogens with one attached hydrogen (secondary N) is 1. The standard InChI is InChI=1S/C16H17ClN2O3S/c1-2-3-10-23(21,22)15-9-4-12(11-18-15)16(20)19-14-7-5-13(17)6-8-14/h4-9,11H,2-3,10H2,1H3,(H,19,20). The molecule has 0 saturated carbocycles. The second-order valence-electron chi connectivity index (χ2n) is 5.02. The molecule has 0 fully saturated rings. The second-order valence-corrected chi connectivity index (χ2v) is 7.51. The SMILES string of the molecule is CCCCS(=O)(=O)c1ccc(C(=O)Nc2ccc(Cl)cc2)cn1. The number of hydrogen-bond donors (Lipinski definition) is 1. The number of unbranched alkanes of at least 4 members (excludes halogenated alkanes) is 1. The highest BCUT2D eigenvalue weighted by Crippen LogP contribution is 2.15. The Morgan fingerprint density at radius 2 is 1.87 bits per heavy atom. The van der Waals surface area contributed by atoms with E-state index in [1.807, 2.05) is 6.92 Å². The second kappa shape index (κ2) is 7.57. The molecule has 2 rings (SSSR count). The van der Waals surface area contributed by atoms with Gasteiger partial charge in [-0.25, -0.2) is 13.4 Å². The fraction of sp³-hybridized carbons (Fsp3) is 0.250. The Kier molecular flexibility index (Phi) is 5.74. The molecule has 1 heterocycles. The molecular formula is C16H17ClN2O3S. The van der Waals surface area contributed by atoms with Gasteiger partial charge in [-0.15, -0.1) is 0 Å². The van der Waals surface area contributed by atoms with Crippen molar-refractivity contribution in [3.63, 3.8) is 0 Å². The lowest BCUT2D eigenvalue weighted by Gasteiger charge is -2.06. The minimum absolute atomic E-state index is 0.00556. The van der Waals surface area contributed by atoms with Crippen LogP contribution >= 0.6 is 11.6 Å². The third kappa shape index (κ3) is 4.77. The van der Waals surface area contributed by atoms with Crippen molar-refractivity contribution in [2.24, 2.45) is 0 Å². The van der Waals surface area contributed by atoms with Crippen LogP contribution in [0.5, 0.6) is 0 Å². The van der Waals surface area contributed by atoms with Crippen LogP contribution in [0.1, 0.15) is 30.1 Å². The number of nitrogens with zero attached hydrogens (tertiary/aromatic N) is 1. The number of halogens is 1. The molecule has 1 aromatic heterocycles. The molecule has 0 spiro atoms. The smallest absolute Gasteiger partial charge is 0.257 e. The van der Waals surface area contributed by atoms with Gasteiger partial charge in [0.25, 0.3) is 5.91 Å². The topological polar surface area (TPSA) is 76.1 Å². The van der Waals surface area contributed by atoms with Crippen LogP contribution in [0.4, 0.5) is 5.69 Å². The first-order valence-electron chi connectivity index (χ1n) is 7.18. The number of anilines is 1. The maximum absolute atomic E-state index is 12.1. The van der Waals surface area contributed by atoms with E-state index in [1.165, 1.54) is 18.3 Å². The molecule has 23 heavy (non-hydrogen) atoms. The molecule has 1 amide bonds. The summed E-state index contributed by atoms with van der Waals surface area (Å²) in [5, 5.41) is 3.26. The largest absolute Gasteiger partial charge is 0.322 e. The summed E-state index contributed by atoms with van der Waals surface area (Å²) in [5.74, 6) is -0.301. The molecule has 0 radical (unpaired) electrons. The van der Waals surface area contributed by atoms with Crippen molar-refractivity contribution < 1.29 is 13.2 Å². The monoisotopic (exact) mass is 352 g/mol. The maximum Gasteiger partial charge on any atom is 0.257 e. The van der Waals surface area contributed by atoms with Crippen LogP contribution in [-0.4, -0.2) is 25.1 Å². The van der Waals surface area contributed by atoms with Crippen LogP contribution in [0.15, 0.2) is 47.6 Å². The van der Waals surface area contributed by atoms with E-state index < -0.39 is 9.84 Å². The van der Waals surface area contributed by atoms with Crippen LogP contribution < -0.4 is 5.32 Å². The fourth-order valence-electron chi connectivity index (χ4n) is 1.87. The van der Waals surface area contributed by atoms with E-state index >= 15 is 0 Å². The Morgan fingerprint density at radius 3 is 2.43 bits per heavy atom. The number of hydrogen-bond acceptors (Lipinski definition) is 4. The van der Waals surface area contributed by atoms with Gasteiger partial charge in [-0.3, -0.25) is 4.79 Å². The molecule has 0 aliphatic carbocycles. The minimum atomic E-state index is -3.39. The lowest BCUT2D eigenvalue weighted by atomic mass is 10.2. The Bertz CT molecular complexity index is 772. The van der Waals surface area contributed by atoms with E-state index in [0.29, 0.717) is 17.1 Å². The number of carbonyl (C=O) groups is 1. The van der Waals surface area contributed by atoms with Gasteiger partial charge in [0.1, 0.15) is 0 Å². The Balaban J connectivity index is 2.09. The number of rotatable bonds is 6. The molecule has 5 nitrogen and oxygen atoms in total. The summed E-state index contributed by atoms with van der Waals surface area (Å²) < 4.78 is 24.0. The number of benzene rings is 1. The predicted octanol–water partition coefficient (Wildman–Crippen LogP) is 3.56. The first-order valence-corrected chi connectivity index (χ1v) is 9.21. The zero-order valence-electron chi connectivity index (χ0n) is 12.6. The van der Waals surface area contributed by atoms with Gasteiger partial charge in [0.15, 0.2) is 14.9 Å². The summed E-state index contributed by atoms with van der Waals surface area (Å²) >= 11 is 5.78. The van der Waals surface area contributed by atoms with Crippen LogP contribution in [-0.2, 0) is 9.84 Å². The Hall–Kier alpha value is -1.92. The van der Waals surface area contributed by atoms with Crippen molar-refractivity contribution in [1.82, 2.24) is 4.98 Å². The third-order valence-electron chi connectivity index (χ3n) is 3.19. The summed E-state index contributed by atoms with van der Waals surface area (Å²) in [6.45, 7) is 1.92. The quantitative estimate of drug-likeness (QED) is 0.862. The zero-order chi connectivity index (χ0) is 16.9. The van der Waals surface area contributed by atoms with E-state index in [2.05, 4.69) is 10.3 Å². The summed E-state index contributed by atoms with van der Waals surface area (Å²) in [6, 6.07) is 9.50. The molecule has 0 saturated heterocycles. The zero-order valence-corrected chi connectivity index (χ0v) is 14.2. The number of carbonyl (C=O) groups excluding carboxylic acids is 1. The first-order chi connectivity index (χ1) is 10.9. The van der Waals surface area contributed by atoms with Crippen molar-refractivity contribution in [2.75, 3.05) is 11.1 Å². The minimum Gasteiger partial charge on any atom is -0.322 e. The van der Waals surface area contributed by atoms with E-state index in [4.69, 9.17) is 11.6 Å². The van der Waals surface area contributed by atoms with Crippen LogP contribution in [0.25, 0.3) is 0 Å². The highest BCUT2D eigenvalue weighted by atomic mass is 35.5. The lowest BCUT2D eigenvalue weighted by Crippen LogP contribution is -2.14. The predicted molar refractivity (Wildman–Crippen MR) is 90.6 cm³/mol. The van der Waals surface area contributed by atoms with Gasteiger partial charge in [0, 0.05) is 16.9 Å². The molecule has 2 aromatic rings. The van der Waals surface area contributed by atoms with E-state index in [0.717, 1.165) is 6.42 Å². The molecule has 0 bridgehead atoms. The van der Waals surface area contributed by atoms with Crippen LogP contribution in [0.3, 0.4) is 0 Å². The van der Waals surface area contributed by atoms with Crippen molar-refractivity contribution in [3.05, 3.63) is 53.2 Å². The molecule has 122 valence electrons. The van der Waals surface area contributed by atoms with E-state index in [-0.39, 0.29) is 22.2 Å². The first kappa shape index (κ1) is 17.4.